The van der Waals surface area contributed by atoms with Gasteiger partial charge in [0.05, 0.1) is 17.9 Å². The molecular formula is C13H14BrFN4O. The monoisotopic (exact) mass is 340 g/mol. The molecule has 0 aliphatic heterocycles. The molecule has 0 unspecified atom stereocenters. The summed E-state index contributed by atoms with van der Waals surface area (Å²) >= 11 is 3.29. The van der Waals surface area contributed by atoms with Gasteiger partial charge in [-0.25, -0.2) is 4.39 Å². The summed E-state index contributed by atoms with van der Waals surface area (Å²) in [6.07, 6.45) is 0. The fourth-order valence-electron chi connectivity index (χ4n) is 1.72. The van der Waals surface area contributed by atoms with Gasteiger partial charge in [-0.05, 0) is 41.1 Å². The first-order valence-electron chi connectivity index (χ1n) is 5.95. The van der Waals surface area contributed by atoms with Crippen molar-refractivity contribution < 1.29 is 9.18 Å². The molecule has 0 spiro atoms. The van der Waals surface area contributed by atoms with Gasteiger partial charge in [0.2, 0.25) is 5.91 Å². The van der Waals surface area contributed by atoms with Crippen LogP contribution in [0.1, 0.15) is 5.69 Å². The maximum Gasteiger partial charge on any atom is 0.244 e. The Balaban J connectivity index is 1.95. The number of hydrogen-bond acceptors (Lipinski definition) is 3. The van der Waals surface area contributed by atoms with Crippen LogP contribution in [0.3, 0.4) is 0 Å². The second-order valence-electron chi connectivity index (χ2n) is 4.32. The number of halogens is 2. The molecule has 1 aromatic carbocycles. The number of carbonyl (C=O) groups excluding carboxylic acids is 1. The molecule has 1 amide bonds. The van der Waals surface area contributed by atoms with E-state index in [1.165, 1.54) is 12.1 Å². The van der Waals surface area contributed by atoms with Gasteiger partial charge < -0.3 is 10.6 Å². The molecule has 2 aromatic rings. The minimum Gasteiger partial charge on any atom is -0.375 e. The van der Waals surface area contributed by atoms with Crippen molar-refractivity contribution in [3.63, 3.8) is 0 Å². The Morgan fingerprint density at radius 2 is 2.20 bits per heavy atom. The average Bonchev–Trinajstić information content (AvgIpc) is 2.69. The van der Waals surface area contributed by atoms with Gasteiger partial charge in [0, 0.05) is 17.6 Å². The summed E-state index contributed by atoms with van der Waals surface area (Å²) in [4.78, 5) is 11.8. The number of nitrogens with zero attached hydrogens (tertiary/aromatic N) is 2. The van der Waals surface area contributed by atoms with Gasteiger partial charge in [0.15, 0.2) is 0 Å². The standard InChI is InChI=1S/C13H14BrFN4O/c1-8-5-12(19(2)18-8)17-13(20)7-16-11-6-9(15)3-4-10(11)14/h3-6,16H,7H2,1-2H3,(H,17,20). The number of rotatable bonds is 4. The molecule has 2 rings (SSSR count). The molecule has 0 saturated heterocycles. The molecule has 0 fully saturated rings. The largest absolute Gasteiger partial charge is 0.375 e. The van der Waals surface area contributed by atoms with E-state index in [1.54, 1.807) is 23.9 Å². The van der Waals surface area contributed by atoms with E-state index in [0.717, 1.165) is 5.69 Å². The minimum absolute atomic E-state index is 0.0340. The molecule has 0 atom stereocenters. The first-order valence-corrected chi connectivity index (χ1v) is 6.74. The third kappa shape index (κ3) is 3.57. The maximum atomic E-state index is 13.1. The molecule has 2 N–H and O–H groups in total. The molecule has 20 heavy (non-hydrogen) atoms. The lowest BCUT2D eigenvalue weighted by molar-refractivity contribution is -0.114. The first kappa shape index (κ1) is 14.5. The zero-order chi connectivity index (χ0) is 14.7. The number of benzene rings is 1. The predicted octanol–water partition coefficient (Wildman–Crippen LogP) is 2.68. The minimum atomic E-state index is -0.363. The fourth-order valence-corrected chi connectivity index (χ4v) is 2.11. The Morgan fingerprint density at radius 3 is 2.85 bits per heavy atom. The van der Waals surface area contributed by atoms with E-state index in [1.807, 2.05) is 6.92 Å². The maximum absolute atomic E-state index is 13.1. The van der Waals surface area contributed by atoms with Gasteiger partial charge in [0.1, 0.15) is 11.6 Å². The van der Waals surface area contributed by atoms with Gasteiger partial charge in [-0.1, -0.05) is 0 Å². The third-order valence-electron chi connectivity index (χ3n) is 2.64. The van der Waals surface area contributed by atoms with Crippen LogP contribution in [-0.2, 0) is 11.8 Å². The lowest BCUT2D eigenvalue weighted by Crippen LogP contribution is -2.23. The number of aryl methyl sites for hydroxylation is 2. The summed E-state index contributed by atoms with van der Waals surface area (Å²) in [6, 6.07) is 6.02. The van der Waals surface area contributed by atoms with Crippen molar-refractivity contribution in [2.45, 2.75) is 6.92 Å². The molecule has 0 aliphatic carbocycles. The molecule has 1 aromatic heterocycles. The van der Waals surface area contributed by atoms with Crippen molar-refractivity contribution in [2.75, 3.05) is 17.2 Å². The lowest BCUT2D eigenvalue weighted by Gasteiger charge is -2.09. The van der Waals surface area contributed by atoms with Crippen LogP contribution < -0.4 is 10.6 Å². The van der Waals surface area contributed by atoms with Crippen molar-refractivity contribution in [1.29, 1.82) is 0 Å². The van der Waals surface area contributed by atoms with Gasteiger partial charge >= 0.3 is 0 Å². The second kappa shape index (κ2) is 6.04. The second-order valence-corrected chi connectivity index (χ2v) is 5.17. The Labute approximate surface area is 124 Å². The van der Waals surface area contributed by atoms with Crippen LogP contribution in [0.2, 0.25) is 0 Å². The van der Waals surface area contributed by atoms with Crippen LogP contribution in [0.5, 0.6) is 0 Å². The summed E-state index contributed by atoms with van der Waals surface area (Å²) in [5.74, 6) is 0.0233. The van der Waals surface area contributed by atoms with E-state index in [0.29, 0.717) is 16.0 Å². The molecule has 5 nitrogen and oxygen atoms in total. The summed E-state index contributed by atoms with van der Waals surface area (Å²) in [5, 5.41) is 9.73. The molecular weight excluding hydrogens is 327 g/mol. The lowest BCUT2D eigenvalue weighted by atomic mass is 10.3. The normalized spacial score (nSPS) is 10.4. The van der Waals surface area contributed by atoms with Crippen molar-refractivity contribution >= 4 is 33.3 Å². The van der Waals surface area contributed by atoms with Crippen LogP contribution >= 0.6 is 15.9 Å². The highest BCUT2D eigenvalue weighted by Crippen LogP contribution is 2.22. The number of aromatic nitrogens is 2. The zero-order valence-corrected chi connectivity index (χ0v) is 12.7. The van der Waals surface area contributed by atoms with Crippen LogP contribution in [0.25, 0.3) is 0 Å². The smallest absolute Gasteiger partial charge is 0.244 e. The van der Waals surface area contributed by atoms with Crippen LogP contribution in [0, 0.1) is 12.7 Å². The molecule has 106 valence electrons. The fraction of sp³-hybridized carbons (Fsp3) is 0.231. The Hall–Kier alpha value is -1.89. The Bertz CT molecular complexity index is 641. The van der Waals surface area contributed by atoms with E-state index >= 15 is 0 Å². The third-order valence-corrected chi connectivity index (χ3v) is 3.33. The zero-order valence-electron chi connectivity index (χ0n) is 11.1. The van der Waals surface area contributed by atoms with Crippen molar-refractivity contribution in [3.05, 3.63) is 40.2 Å². The van der Waals surface area contributed by atoms with Crippen LogP contribution in [0.4, 0.5) is 15.9 Å². The first-order chi connectivity index (χ1) is 9.45. The van der Waals surface area contributed by atoms with E-state index in [4.69, 9.17) is 0 Å². The van der Waals surface area contributed by atoms with Crippen LogP contribution in [0.15, 0.2) is 28.7 Å². The van der Waals surface area contributed by atoms with E-state index in [2.05, 4.69) is 31.7 Å². The topological polar surface area (TPSA) is 59.0 Å². The quantitative estimate of drug-likeness (QED) is 0.899. The van der Waals surface area contributed by atoms with Gasteiger partial charge in [0.25, 0.3) is 0 Å². The number of hydrogen-bond donors (Lipinski definition) is 2. The Morgan fingerprint density at radius 1 is 1.45 bits per heavy atom. The van der Waals surface area contributed by atoms with Gasteiger partial charge in [-0.2, -0.15) is 5.10 Å². The number of carbonyl (C=O) groups is 1. The molecule has 1 heterocycles. The average molecular weight is 341 g/mol. The van der Waals surface area contributed by atoms with Gasteiger partial charge in [-0.3, -0.25) is 9.48 Å². The van der Waals surface area contributed by atoms with E-state index in [9.17, 15) is 9.18 Å². The van der Waals surface area contributed by atoms with Crippen molar-refractivity contribution in [3.8, 4) is 0 Å². The summed E-state index contributed by atoms with van der Waals surface area (Å²) in [5.41, 5.74) is 1.35. The number of nitrogens with one attached hydrogen (secondary N) is 2. The summed E-state index contributed by atoms with van der Waals surface area (Å²) < 4.78 is 15.4. The molecule has 7 heteroatoms. The SMILES string of the molecule is Cc1cc(NC(=O)CNc2cc(F)ccc2Br)n(C)n1. The van der Waals surface area contributed by atoms with E-state index in [-0.39, 0.29) is 18.3 Å². The molecule has 0 saturated carbocycles. The molecule has 0 bridgehead atoms. The van der Waals surface area contributed by atoms with E-state index < -0.39 is 0 Å². The highest BCUT2D eigenvalue weighted by Gasteiger charge is 2.08. The summed E-state index contributed by atoms with van der Waals surface area (Å²) in [6.45, 7) is 1.88. The van der Waals surface area contributed by atoms with Crippen molar-refractivity contribution in [1.82, 2.24) is 9.78 Å². The molecule has 0 aliphatic rings. The number of amides is 1. The molecule has 0 radical (unpaired) electrons. The highest BCUT2D eigenvalue weighted by molar-refractivity contribution is 9.10. The van der Waals surface area contributed by atoms with Crippen molar-refractivity contribution in [2.24, 2.45) is 7.05 Å². The Kier molecular flexibility index (Phi) is 4.39. The summed E-state index contributed by atoms with van der Waals surface area (Å²) in [7, 11) is 1.75. The van der Waals surface area contributed by atoms with Gasteiger partial charge in [-0.15, -0.1) is 0 Å². The van der Waals surface area contributed by atoms with Crippen LogP contribution in [-0.4, -0.2) is 22.2 Å². The highest BCUT2D eigenvalue weighted by atomic mass is 79.9. The number of anilines is 2. The predicted molar refractivity (Wildman–Crippen MR) is 79.2 cm³/mol.